The fraction of sp³-hybridized carbons (Fsp3) is 0.562. The molecule has 2 N–H and O–H groups in total. The van der Waals surface area contributed by atoms with Crippen LogP contribution < -0.4 is 10.6 Å². The van der Waals surface area contributed by atoms with Crippen molar-refractivity contribution < 1.29 is 4.74 Å². The second kappa shape index (κ2) is 11.2. The SMILES string of the molecule is CN=C(NCCCOCC(C)C)NCc1nnc2ccccn12.I. The van der Waals surface area contributed by atoms with Crippen LogP contribution in [0.3, 0.4) is 0 Å². The number of rotatable bonds is 8. The molecule has 0 atom stereocenters. The van der Waals surface area contributed by atoms with E-state index in [2.05, 4.69) is 39.7 Å². The number of nitrogens with zero attached hydrogens (tertiary/aromatic N) is 4. The summed E-state index contributed by atoms with van der Waals surface area (Å²) in [4.78, 5) is 4.21. The van der Waals surface area contributed by atoms with Crippen molar-refractivity contribution in [3.8, 4) is 0 Å². The molecule has 0 bridgehead atoms. The van der Waals surface area contributed by atoms with E-state index in [-0.39, 0.29) is 24.0 Å². The predicted octanol–water partition coefficient (Wildman–Crippen LogP) is 2.07. The maximum absolute atomic E-state index is 5.56. The molecular formula is C16H27IN6O. The van der Waals surface area contributed by atoms with Crippen molar-refractivity contribution >= 4 is 35.6 Å². The highest BCUT2D eigenvalue weighted by Gasteiger charge is 2.05. The van der Waals surface area contributed by atoms with E-state index in [9.17, 15) is 0 Å². The lowest BCUT2D eigenvalue weighted by Gasteiger charge is -2.11. The highest BCUT2D eigenvalue weighted by atomic mass is 127. The van der Waals surface area contributed by atoms with E-state index in [4.69, 9.17) is 4.74 Å². The second-order valence-electron chi connectivity index (χ2n) is 5.72. The topological polar surface area (TPSA) is 75.8 Å². The molecule has 7 nitrogen and oxygen atoms in total. The molecule has 24 heavy (non-hydrogen) atoms. The molecule has 2 aromatic rings. The summed E-state index contributed by atoms with van der Waals surface area (Å²) in [5.41, 5.74) is 0.842. The molecule has 0 aromatic carbocycles. The number of guanidine groups is 1. The molecule has 8 heteroatoms. The van der Waals surface area contributed by atoms with Crippen LogP contribution >= 0.6 is 24.0 Å². The van der Waals surface area contributed by atoms with E-state index in [1.54, 1.807) is 7.05 Å². The molecule has 0 aliphatic rings. The lowest BCUT2D eigenvalue weighted by atomic mass is 10.2. The zero-order valence-electron chi connectivity index (χ0n) is 14.5. The summed E-state index contributed by atoms with van der Waals surface area (Å²) in [5.74, 6) is 2.18. The van der Waals surface area contributed by atoms with Gasteiger partial charge in [0.05, 0.1) is 6.54 Å². The Morgan fingerprint density at radius 3 is 2.88 bits per heavy atom. The Morgan fingerprint density at radius 2 is 2.12 bits per heavy atom. The van der Waals surface area contributed by atoms with Gasteiger partial charge in [-0.05, 0) is 24.5 Å². The van der Waals surface area contributed by atoms with Crippen LogP contribution in [-0.2, 0) is 11.3 Å². The van der Waals surface area contributed by atoms with Gasteiger partial charge in [0.2, 0.25) is 0 Å². The molecule has 0 spiro atoms. The fourth-order valence-corrected chi connectivity index (χ4v) is 2.09. The Hall–Kier alpha value is -1.42. The number of fused-ring (bicyclic) bond motifs is 1. The zero-order valence-corrected chi connectivity index (χ0v) is 16.9. The number of hydrogen-bond acceptors (Lipinski definition) is 4. The molecule has 0 unspecified atom stereocenters. The molecule has 2 rings (SSSR count). The van der Waals surface area contributed by atoms with Gasteiger partial charge in [-0.25, -0.2) is 0 Å². The first-order valence-electron chi connectivity index (χ1n) is 8.01. The Bertz CT molecular complexity index is 628. The predicted molar refractivity (Wildman–Crippen MR) is 107 cm³/mol. The van der Waals surface area contributed by atoms with Crippen molar-refractivity contribution in [2.75, 3.05) is 26.8 Å². The van der Waals surface area contributed by atoms with Gasteiger partial charge in [0.25, 0.3) is 0 Å². The molecule has 0 aliphatic carbocycles. The fourth-order valence-electron chi connectivity index (χ4n) is 2.09. The van der Waals surface area contributed by atoms with Crippen LogP contribution in [0, 0.1) is 5.92 Å². The van der Waals surface area contributed by atoms with E-state index >= 15 is 0 Å². The largest absolute Gasteiger partial charge is 0.381 e. The summed E-state index contributed by atoms with van der Waals surface area (Å²) in [7, 11) is 1.76. The summed E-state index contributed by atoms with van der Waals surface area (Å²) in [5, 5.41) is 14.8. The van der Waals surface area contributed by atoms with Gasteiger partial charge in [-0.1, -0.05) is 19.9 Å². The highest BCUT2D eigenvalue weighted by molar-refractivity contribution is 14.0. The average Bonchev–Trinajstić information content (AvgIpc) is 2.96. The van der Waals surface area contributed by atoms with Crippen molar-refractivity contribution in [3.05, 3.63) is 30.2 Å². The van der Waals surface area contributed by atoms with Crippen molar-refractivity contribution in [2.24, 2.45) is 10.9 Å². The van der Waals surface area contributed by atoms with Gasteiger partial charge in [0, 0.05) is 33.0 Å². The third-order valence-corrected chi connectivity index (χ3v) is 3.23. The monoisotopic (exact) mass is 446 g/mol. The van der Waals surface area contributed by atoms with E-state index < -0.39 is 0 Å². The summed E-state index contributed by atoms with van der Waals surface area (Å²) < 4.78 is 7.51. The van der Waals surface area contributed by atoms with Crippen LogP contribution in [0.25, 0.3) is 5.65 Å². The smallest absolute Gasteiger partial charge is 0.191 e. The van der Waals surface area contributed by atoms with Crippen molar-refractivity contribution in [1.82, 2.24) is 25.2 Å². The third-order valence-electron chi connectivity index (χ3n) is 3.23. The van der Waals surface area contributed by atoms with Gasteiger partial charge in [-0.3, -0.25) is 9.39 Å². The first-order chi connectivity index (χ1) is 11.2. The van der Waals surface area contributed by atoms with Crippen LogP contribution in [0.15, 0.2) is 29.4 Å². The first kappa shape index (κ1) is 20.6. The van der Waals surface area contributed by atoms with Crippen LogP contribution in [-0.4, -0.2) is 47.4 Å². The molecule has 0 saturated heterocycles. The molecule has 134 valence electrons. The Kier molecular flexibility index (Phi) is 9.62. The minimum atomic E-state index is 0. The van der Waals surface area contributed by atoms with E-state index in [1.165, 1.54) is 0 Å². The molecule has 0 fully saturated rings. The molecular weight excluding hydrogens is 419 g/mol. The maximum atomic E-state index is 5.56. The number of halogens is 1. The van der Waals surface area contributed by atoms with Crippen LogP contribution in [0.4, 0.5) is 0 Å². The molecule has 2 heterocycles. The molecule has 0 saturated carbocycles. The number of pyridine rings is 1. The quantitative estimate of drug-likeness (QED) is 0.281. The summed E-state index contributed by atoms with van der Waals surface area (Å²) in [6, 6.07) is 5.84. The van der Waals surface area contributed by atoms with E-state index in [1.807, 2.05) is 28.8 Å². The van der Waals surface area contributed by atoms with Gasteiger partial charge in [-0.15, -0.1) is 34.2 Å². The van der Waals surface area contributed by atoms with Gasteiger partial charge in [0.1, 0.15) is 0 Å². The number of nitrogens with one attached hydrogen (secondary N) is 2. The summed E-state index contributed by atoms with van der Waals surface area (Å²) >= 11 is 0. The van der Waals surface area contributed by atoms with Gasteiger partial charge in [0.15, 0.2) is 17.4 Å². The van der Waals surface area contributed by atoms with Crippen molar-refractivity contribution in [3.63, 3.8) is 0 Å². The summed E-state index contributed by atoms with van der Waals surface area (Å²) in [6.45, 7) is 7.26. The number of aliphatic imine (C=N–C) groups is 1. The maximum Gasteiger partial charge on any atom is 0.191 e. The van der Waals surface area contributed by atoms with Crippen molar-refractivity contribution in [1.29, 1.82) is 0 Å². The minimum Gasteiger partial charge on any atom is -0.381 e. The van der Waals surface area contributed by atoms with Gasteiger partial charge in [-0.2, -0.15) is 0 Å². The third kappa shape index (κ3) is 6.60. The lowest BCUT2D eigenvalue weighted by Crippen LogP contribution is -2.38. The van der Waals surface area contributed by atoms with E-state index in [0.29, 0.717) is 12.5 Å². The second-order valence-corrected chi connectivity index (χ2v) is 5.72. The van der Waals surface area contributed by atoms with Crippen molar-refractivity contribution in [2.45, 2.75) is 26.8 Å². The lowest BCUT2D eigenvalue weighted by molar-refractivity contribution is 0.108. The number of aromatic nitrogens is 3. The molecule has 0 amide bonds. The highest BCUT2D eigenvalue weighted by Crippen LogP contribution is 2.02. The first-order valence-corrected chi connectivity index (χ1v) is 8.01. The Morgan fingerprint density at radius 1 is 1.29 bits per heavy atom. The van der Waals surface area contributed by atoms with Gasteiger partial charge < -0.3 is 15.4 Å². The van der Waals surface area contributed by atoms with Crippen LogP contribution in [0.5, 0.6) is 0 Å². The normalized spacial score (nSPS) is 11.6. The standard InChI is InChI=1S/C16H26N6O.HI/c1-13(2)12-23-10-6-8-18-16(17-3)19-11-15-21-20-14-7-4-5-9-22(14)15;/h4-5,7,9,13H,6,8,10-12H2,1-3H3,(H2,17,18,19);1H. The van der Waals surface area contributed by atoms with Crippen LogP contribution in [0.2, 0.25) is 0 Å². The molecule has 2 aromatic heterocycles. The minimum absolute atomic E-state index is 0. The zero-order chi connectivity index (χ0) is 16.5. The average molecular weight is 446 g/mol. The molecule has 0 radical (unpaired) electrons. The Labute approximate surface area is 160 Å². The number of ether oxygens (including phenoxy) is 1. The van der Waals surface area contributed by atoms with E-state index in [0.717, 1.165) is 43.6 Å². The van der Waals surface area contributed by atoms with Crippen LogP contribution in [0.1, 0.15) is 26.1 Å². The summed E-state index contributed by atoms with van der Waals surface area (Å²) in [6.07, 6.45) is 2.90. The molecule has 0 aliphatic heterocycles. The van der Waals surface area contributed by atoms with Gasteiger partial charge >= 0.3 is 0 Å². The number of hydrogen-bond donors (Lipinski definition) is 2. The Balaban J connectivity index is 0.00000288.